The molecule has 6 heteroatoms. The molecule has 1 atom stereocenters. The van der Waals surface area contributed by atoms with Crippen molar-refractivity contribution in [3.05, 3.63) is 46.3 Å². The molecule has 1 amide bonds. The number of halogens is 1. The number of nitro benzene ring substituents is 1. The molecule has 2 rings (SSSR count). The molecule has 1 saturated heterocycles. The van der Waals surface area contributed by atoms with Gasteiger partial charge in [0.15, 0.2) is 0 Å². The molecule has 0 N–H and O–H groups in total. The number of amides is 1. The van der Waals surface area contributed by atoms with Gasteiger partial charge < -0.3 is 4.90 Å². The molecule has 0 aliphatic carbocycles. The molecular formula is C13H13FN2O3. The van der Waals surface area contributed by atoms with Crippen molar-refractivity contribution in [1.29, 1.82) is 0 Å². The zero-order valence-corrected chi connectivity index (χ0v) is 10.4. The average molecular weight is 264 g/mol. The maximum Gasteiger partial charge on any atom is 0.293 e. The maximum absolute atomic E-state index is 13.6. The first-order chi connectivity index (χ1) is 8.95. The second-order valence-electron chi connectivity index (χ2n) is 4.50. The first kappa shape index (κ1) is 13.2. The summed E-state index contributed by atoms with van der Waals surface area (Å²) < 4.78 is 13.6. The Kier molecular flexibility index (Phi) is 3.33. The summed E-state index contributed by atoms with van der Waals surface area (Å²) in [5.41, 5.74) is -0.0800. The second kappa shape index (κ2) is 4.79. The molecular weight excluding hydrogens is 251 g/mol. The molecule has 0 radical (unpaired) electrons. The van der Waals surface area contributed by atoms with Gasteiger partial charge in [-0.05, 0) is 13.0 Å². The summed E-state index contributed by atoms with van der Waals surface area (Å²) in [6.07, 6.45) is 1.88. The Morgan fingerprint density at radius 3 is 2.79 bits per heavy atom. The molecule has 0 saturated carbocycles. The van der Waals surface area contributed by atoms with Crippen molar-refractivity contribution in [3.8, 4) is 0 Å². The van der Waals surface area contributed by atoms with Gasteiger partial charge in [0.25, 0.3) is 5.69 Å². The molecule has 1 aliphatic rings. The zero-order chi connectivity index (χ0) is 14.2. The maximum atomic E-state index is 13.6. The van der Waals surface area contributed by atoms with Crippen LogP contribution in [0.25, 0.3) is 0 Å². The Morgan fingerprint density at radius 1 is 1.58 bits per heavy atom. The topological polar surface area (TPSA) is 63.5 Å². The molecule has 100 valence electrons. The Morgan fingerprint density at radius 2 is 2.26 bits per heavy atom. The predicted molar refractivity (Wildman–Crippen MR) is 68.4 cm³/mol. The van der Waals surface area contributed by atoms with E-state index >= 15 is 0 Å². The van der Waals surface area contributed by atoms with E-state index in [2.05, 4.69) is 6.58 Å². The number of benzene rings is 1. The number of hydrogen-bond donors (Lipinski definition) is 0. The normalized spacial score (nSPS) is 18.7. The first-order valence-corrected chi connectivity index (χ1v) is 5.82. The Labute approximate surface area is 109 Å². The van der Waals surface area contributed by atoms with E-state index < -0.39 is 10.7 Å². The van der Waals surface area contributed by atoms with Crippen molar-refractivity contribution in [2.24, 2.45) is 5.92 Å². The van der Waals surface area contributed by atoms with E-state index in [-0.39, 0.29) is 35.2 Å². The molecule has 1 aliphatic heterocycles. The molecule has 1 aromatic rings. The van der Waals surface area contributed by atoms with Gasteiger partial charge in [-0.3, -0.25) is 14.9 Å². The van der Waals surface area contributed by atoms with Crippen LogP contribution in [0.3, 0.4) is 0 Å². The summed E-state index contributed by atoms with van der Waals surface area (Å²) in [7, 11) is 0. The lowest BCUT2D eigenvalue weighted by atomic mass is 10.1. The number of hydrogen-bond acceptors (Lipinski definition) is 3. The third kappa shape index (κ3) is 2.21. The van der Waals surface area contributed by atoms with Gasteiger partial charge in [-0.2, -0.15) is 0 Å². The molecule has 1 heterocycles. The van der Waals surface area contributed by atoms with Gasteiger partial charge in [-0.15, -0.1) is 6.58 Å². The van der Waals surface area contributed by atoms with E-state index in [0.29, 0.717) is 6.54 Å². The number of rotatable bonds is 3. The fourth-order valence-electron chi connectivity index (χ4n) is 2.26. The van der Waals surface area contributed by atoms with Crippen molar-refractivity contribution >= 4 is 17.3 Å². The van der Waals surface area contributed by atoms with Crippen LogP contribution in [0.4, 0.5) is 15.8 Å². The second-order valence-corrected chi connectivity index (χ2v) is 4.50. The zero-order valence-electron chi connectivity index (χ0n) is 10.4. The van der Waals surface area contributed by atoms with E-state index in [1.807, 2.05) is 0 Å². The number of anilines is 1. The van der Waals surface area contributed by atoms with Gasteiger partial charge in [-0.1, -0.05) is 6.08 Å². The van der Waals surface area contributed by atoms with Crippen molar-refractivity contribution in [2.75, 3.05) is 11.4 Å². The first-order valence-electron chi connectivity index (χ1n) is 5.82. The van der Waals surface area contributed by atoms with Crippen molar-refractivity contribution < 1.29 is 14.1 Å². The van der Waals surface area contributed by atoms with Gasteiger partial charge in [0.05, 0.1) is 4.92 Å². The van der Waals surface area contributed by atoms with E-state index in [4.69, 9.17) is 0 Å². The quantitative estimate of drug-likeness (QED) is 0.479. The van der Waals surface area contributed by atoms with Crippen LogP contribution in [0.1, 0.15) is 12.0 Å². The van der Waals surface area contributed by atoms with Crippen LogP contribution >= 0.6 is 0 Å². The average Bonchev–Trinajstić information content (AvgIpc) is 2.73. The molecule has 0 bridgehead atoms. The lowest BCUT2D eigenvalue weighted by molar-refractivity contribution is -0.384. The van der Waals surface area contributed by atoms with E-state index in [9.17, 15) is 19.3 Å². The van der Waals surface area contributed by atoms with Crippen LogP contribution in [-0.2, 0) is 4.79 Å². The Balaban J connectivity index is 2.55. The van der Waals surface area contributed by atoms with Crippen LogP contribution in [0.2, 0.25) is 0 Å². The highest BCUT2D eigenvalue weighted by Gasteiger charge is 2.34. The molecule has 0 spiro atoms. The largest absolute Gasteiger partial charge is 0.306 e. The fourth-order valence-corrected chi connectivity index (χ4v) is 2.26. The van der Waals surface area contributed by atoms with Gasteiger partial charge >= 0.3 is 0 Å². The minimum absolute atomic E-state index is 0.0550. The van der Waals surface area contributed by atoms with Gasteiger partial charge in [0.1, 0.15) is 11.5 Å². The lowest BCUT2D eigenvalue weighted by Crippen LogP contribution is -2.26. The van der Waals surface area contributed by atoms with Crippen LogP contribution in [0, 0.1) is 28.8 Å². The van der Waals surface area contributed by atoms with Crippen LogP contribution in [0.5, 0.6) is 0 Å². The van der Waals surface area contributed by atoms with Crippen LogP contribution < -0.4 is 4.90 Å². The summed E-state index contributed by atoms with van der Waals surface area (Å²) in [4.78, 5) is 23.6. The highest BCUT2D eigenvalue weighted by atomic mass is 19.1. The van der Waals surface area contributed by atoms with Gasteiger partial charge in [-0.25, -0.2) is 4.39 Å². The molecule has 1 aromatic carbocycles. The SMILES string of the molecule is C=CC1CC(=O)N(c2c([N+](=O)[O-])ccc(F)c2C)C1. The molecule has 1 fully saturated rings. The summed E-state index contributed by atoms with van der Waals surface area (Å²) in [5, 5.41) is 11.0. The molecule has 0 aromatic heterocycles. The minimum Gasteiger partial charge on any atom is -0.306 e. The van der Waals surface area contributed by atoms with E-state index in [1.54, 1.807) is 6.08 Å². The Bertz CT molecular complexity index is 571. The van der Waals surface area contributed by atoms with Crippen LogP contribution in [0.15, 0.2) is 24.8 Å². The molecule has 19 heavy (non-hydrogen) atoms. The third-order valence-corrected chi connectivity index (χ3v) is 3.30. The highest BCUT2D eigenvalue weighted by Crippen LogP contribution is 2.37. The van der Waals surface area contributed by atoms with E-state index in [0.717, 1.165) is 12.1 Å². The third-order valence-electron chi connectivity index (χ3n) is 3.30. The fraction of sp³-hybridized carbons (Fsp3) is 0.308. The molecule has 5 nitrogen and oxygen atoms in total. The number of nitro groups is 1. The van der Waals surface area contributed by atoms with Crippen molar-refractivity contribution in [1.82, 2.24) is 0 Å². The van der Waals surface area contributed by atoms with Crippen LogP contribution in [-0.4, -0.2) is 17.4 Å². The predicted octanol–water partition coefficient (Wildman–Crippen LogP) is 2.58. The highest BCUT2D eigenvalue weighted by molar-refractivity contribution is 5.99. The summed E-state index contributed by atoms with van der Waals surface area (Å²) in [6, 6.07) is 2.13. The number of carbonyl (C=O) groups excluding carboxylic acids is 1. The van der Waals surface area contributed by atoms with Crippen molar-refractivity contribution in [2.45, 2.75) is 13.3 Å². The van der Waals surface area contributed by atoms with Gasteiger partial charge in [0.2, 0.25) is 5.91 Å². The smallest absolute Gasteiger partial charge is 0.293 e. The standard InChI is InChI=1S/C13H13FN2O3/c1-3-9-6-12(17)15(7-9)13-8(2)10(14)4-5-11(13)16(18)19/h3-5,9H,1,6-7H2,2H3. The van der Waals surface area contributed by atoms with Gasteiger partial charge in [0, 0.05) is 30.5 Å². The molecule has 1 unspecified atom stereocenters. The summed E-state index contributed by atoms with van der Waals surface area (Å²) in [5.74, 6) is -0.869. The lowest BCUT2D eigenvalue weighted by Gasteiger charge is -2.18. The minimum atomic E-state index is -0.601. The monoisotopic (exact) mass is 264 g/mol. The Hall–Kier alpha value is -2.24. The van der Waals surface area contributed by atoms with E-state index in [1.165, 1.54) is 11.8 Å². The van der Waals surface area contributed by atoms with Crippen molar-refractivity contribution in [3.63, 3.8) is 0 Å². The number of nitrogens with zero attached hydrogens (tertiary/aromatic N) is 2. The number of carbonyl (C=O) groups is 1. The summed E-state index contributed by atoms with van der Waals surface area (Å²) >= 11 is 0. The summed E-state index contributed by atoms with van der Waals surface area (Å²) in [6.45, 7) is 5.35.